The molecule has 0 aliphatic rings. The van der Waals surface area contributed by atoms with Crippen molar-refractivity contribution in [3.8, 4) is 0 Å². The van der Waals surface area contributed by atoms with Crippen LogP contribution in [0, 0.1) is 12.7 Å². The lowest BCUT2D eigenvalue weighted by Crippen LogP contribution is -2.15. The number of anilines is 2. The molecule has 0 fully saturated rings. The number of benzene rings is 1. The lowest BCUT2D eigenvalue weighted by molar-refractivity contribution is 0.593. The smallest absolute Gasteiger partial charge is 0.263 e. The lowest BCUT2D eigenvalue weighted by atomic mass is 10.2. The van der Waals surface area contributed by atoms with Crippen molar-refractivity contribution in [2.75, 3.05) is 10.5 Å². The van der Waals surface area contributed by atoms with Crippen molar-refractivity contribution in [2.45, 2.75) is 11.8 Å². The zero-order valence-electron chi connectivity index (χ0n) is 10.4. The van der Waals surface area contributed by atoms with Crippen molar-refractivity contribution in [1.29, 1.82) is 0 Å². The van der Waals surface area contributed by atoms with Gasteiger partial charge in [0.05, 0.1) is 4.90 Å². The fourth-order valence-electron chi connectivity index (χ4n) is 1.49. The van der Waals surface area contributed by atoms with Crippen LogP contribution in [0.1, 0.15) is 5.56 Å². The van der Waals surface area contributed by atoms with Gasteiger partial charge in [-0.1, -0.05) is 17.7 Å². The molecule has 2 rings (SSSR count). The molecule has 0 spiro atoms. The van der Waals surface area contributed by atoms with Crippen molar-refractivity contribution in [3.63, 3.8) is 0 Å². The molecule has 0 saturated carbocycles. The van der Waals surface area contributed by atoms with Crippen LogP contribution in [0.4, 0.5) is 15.9 Å². The summed E-state index contributed by atoms with van der Waals surface area (Å²) >= 11 is 5.67. The Kier molecular flexibility index (Phi) is 3.82. The highest BCUT2D eigenvalue weighted by Crippen LogP contribution is 2.22. The molecule has 1 aromatic carbocycles. The molecule has 0 amide bonds. The molecule has 0 atom stereocenters. The third-order valence-corrected chi connectivity index (χ3v) is 4.17. The molecule has 1 heterocycles. The molecule has 0 aliphatic heterocycles. The number of nitrogens with zero attached hydrogens (tertiary/aromatic N) is 1. The van der Waals surface area contributed by atoms with Gasteiger partial charge in [-0.3, -0.25) is 4.72 Å². The molecule has 0 radical (unpaired) electrons. The number of nitrogen functional groups attached to an aromatic ring is 1. The monoisotopic (exact) mass is 315 g/mol. The van der Waals surface area contributed by atoms with Crippen LogP contribution in [0.5, 0.6) is 0 Å². The summed E-state index contributed by atoms with van der Waals surface area (Å²) < 4.78 is 40.0. The van der Waals surface area contributed by atoms with E-state index in [0.29, 0.717) is 0 Å². The van der Waals surface area contributed by atoms with Crippen molar-refractivity contribution >= 4 is 33.1 Å². The Labute approximate surface area is 120 Å². The Morgan fingerprint density at radius 3 is 2.65 bits per heavy atom. The maximum atomic E-state index is 13.6. The predicted octanol–water partition coefficient (Wildman–Crippen LogP) is 2.57. The molecular weight excluding hydrogens is 305 g/mol. The van der Waals surface area contributed by atoms with Crippen LogP contribution in [-0.2, 0) is 10.0 Å². The summed E-state index contributed by atoms with van der Waals surface area (Å²) in [4.78, 5) is 3.52. The highest BCUT2D eigenvalue weighted by molar-refractivity contribution is 7.92. The highest BCUT2D eigenvalue weighted by Gasteiger charge is 2.18. The fraction of sp³-hybridized carbons (Fsp3) is 0.0833. The molecule has 0 unspecified atom stereocenters. The second kappa shape index (κ2) is 5.26. The zero-order chi connectivity index (χ0) is 14.9. The van der Waals surface area contributed by atoms with E-state index in [1.54, 1.807) is 0 Å². The van der Waals surface area contributed by atoms with Crippen LogP contribution in [0.25, 0.3) is 0 Å². The van der Waals surface area contributed by atoms with Crippen LogP contribution in [0.2, 0.25) is 5.15 Å². The SMILES string of the molecule is Cc1c(N)cc(S(=O)(=O)Nc2cccc(Cl)n2)cc1F. The molecule has 0 aliphatic carbocycles. The largest absolute Gasteiger partial charge is 0.398 e. The van der Waals surface area contributed by atoms with Crippen LogP contribution in [0.15, 0.2) is 35.2 Å². The summed E-state index contributed by atoms with van der Waals surface area (Å²) in [6.07, 6.45) is 0. The van der Waals surface area contributed by atoms with E-state index in [4.69, 9.17) is 17.3 Å². The summed E-state index contributed by atoms with van der Waals surface area (Å²) in [5.41, 5.74) is 5.83. The summed E-state index contributed by atoms with van der Waals surface area (Å²) in [5.74, 6) is -0.651. The first-order valence-electron chi connectivity index (χ1n) is 5.50. The summed E-state index contributed by atoms with van der Waals surface area (Å²) in [6, 6.07) is 6.56. The maximum Gasteiger partial charge on any atom is 0.263 e. The van der Waals surface area contributed by atoms with Crippen LogP contribution >= 0.6 is 11.6 Å². The zero-order valence-corrected chi connectivity index (χ0v) is 12.0. The first kappa shape index (κ1) is 14.5. The first-order chi connectivity index (χ1) is 9.29. The van der Waals surface area contributed by atoms with E-state index in [1.807, 2.05) is 0 Å². The average Bonchev–Trinajstić information content (AvgIpc) is 2.34. The fourth-order valence-corrected chi connectivity index (χ4v) is 2.70. The number of rotatable bonds is 3. The summed E-state index contributed by atoms with van der Waals surface area (Å²) in [5, 5.41) is 0.139. The number of hydrogen-bond donors (Lipinski definition) is 2. The number of halogens is 2. The van der Waals surface area contributed by atoms with E-state index in [1.165, 1.54) is 31.2 Å². The van der Waals surface area contributed by atoms with Crippen LogP contribution in [0.3, 0.4) is 0 Å². The lowest BCUT2D eigenvalue weighted by Gasteiger charge is -2.10. The van der Waals surface area contributed by atoms with E-state index in [2.05, 4.69) is 9.71 Å². The Morgan fingerprint density at radius 1 is 1.35 bits per heavy atom. The van der Waals surface area contributed by atoms with Crippen molar-refractivity contribution < 1.29 is 12.8 Å². The molecule has 5 nitrogen and oxygen atoms in total. The van der Waals surface area contributed by atoms with Crippen molar-refractivity contribution in [3.05, 3.63) is 46.9 Å². The summed E-state index contributed by atoms with van der Waals surface area (Å²) in [6.45, 7) is 1.47. The predicted molar refractivity (Wildman–Crippen MR) is 75.6 cm³/mol. The molecule has 0 bridgehead atoms. The third kappa shape index (κ3) is 3.00. The molecule has 0 saturated heterocycles. The van der Waals surface area contributed by atoms with Gasteiger partial charge in [-0.2, -0.15) is 0 Å². The van der Waals surface area contributed by atoms with Crippen LogP contribution in [-0.4, -0.2) is 13.4 Å². The molecular formula is C12H11ClFN3O2S. The standard InChI is InChI=1S/C12H11ClFN3O2S/c1-7-9(14)5-8(6-10(7)15)20(18,19)17-12-4-2-3-11(13)16-12/h2-6H,15H2,1H3,(H,16,17). The van der Waals surface area contributed by atoms with E-state index < -0.39 is 15.8 Å². The minimum atomic E-state index is -3.98. The van der Waals surface area contributed by atoms with Gasteiger partial charge in [-0.05, 0) is 31.2 Å². The highest BCUT2D eigenvalue weighted by atomic mass is 35.5. The van der Waals surface area contributed by atoms with Gasteiger partial charge in [-0.15, -0.1) is 0 Å². The number of sulfonamides is 1. The van der Waals surface area contributed by atoms with E-state index in [0.717, 1.165) is 6.07 Å². The minimum Gasteiger partial charge on any atom is -0.398 e. The normalized spacial score (nSPS) is 11.3. The molecule has 20 heavy (non-hydrogen) atoms. The van der Waals surface area contributed by atoms with Gasteiger partial charge in [0.1, 0.15) is 16.8 Å². The van der Waals surface area contributed by atoms with Crippen LogP contribution < -0.4 is 10.5 Å². The second-order valence-electron chi connectivity index (χ2n) is 4.07. The van der Waals surface area contributed by atoms with Gasteiger partial charge in [0.25, 0.3) is 10.0 Å². The Balaban J connectivity index is 2.41. The van der Waals surface area contributed by atoms with Crippen molar-refractivity contribution in [1.82, 2.24) is 4.98 Å². The van der Waals surface area contributed by atoms with Gasteiger partial charge >= 0.3 is 0 Å². The Hall–Kier alpha value is -1.86. The first-order valence-corrected chi connectivity index (χ1v) is 7.37. The number of pyridine rings is 1. The van der Waals surface area contributed by atoms with Gasteiger partial charge in [0, 0.05) is 11.3 Å². The molecule has 2 aromatic rings. The van der Waals surface area contributed by atoms with E-state index >= 15 is 0 Å². The van der Waals surface area contributed by atoms with Crippen molar-refractivity contribution in [2.24, 2.45) is 0 Å². The molecule has 106 valence electrons. The quantitative estimate of drug-likeness (QED) is 0.673. The summed E-state index contributed by atoms with van der Waals surface area (Å²) in [7, 11) is -3.98. The second-order valence-corrected chi connectivity index (χ2v) is 6.14. The molecule has 3 N–H and O–H groups in total. The average molecular weight is 316 g/mol. The molecule has 8 heteroatoms. The topological polar surface area (TPSA) is 85.1 Å². The van der Waals surface area contributed by atoms with Gasteiger partial charge in [0.15, 0.2) is 0 Å². The maximum absolute atomic E-state index is 13.6. The Morgan fingerprint density at radius 2 is 2.05 bits per heavy atom. The number of nitrogens with one attached hydrogen (secondary N) is 1. The number of aromatic nitrogens is 1. The van der Waals surface area contributed by atoms with Gasteiger partial charge < -0.3 is 5.73 Å². The van der Waals surface area contributed by atoms with Gasteiger partial charge in [-0.25, -0.2) is 17.8 Å². The van der Waals surface area contributed by atoms with Gasteiger partial charge in [0.2, 0.25) is 0 Å². The Bertz CT molecular complexity index is 742. The number of hydrogen-bond acceptors (Lipinski definition) is 4. The molecule has 1 aromatic heterocycles. The minimum absolute atomic E-state index is 0.0389. The third-order valence-electron chi connectivity index (χ3n) is 2.62. The number of nitrogens with two attached hydrogens (primary N) is 1. The van der Waals surface area contributed by atoms with E-state index in [-0.39, 0.29) is 27.1 Å². The van der Waals surface area contributed by atoms with E-state index in [9.17, 15) is 12.8 Å².